The molecule has 1 aromatic rings. The van der Waals surface area contributed by atoms with E-state index in [9.17, 15) is 14.7 Å². The zero-order valence-electron chi connectivity index (χ0n) is 12.7. The number of ether oxygens (including phenoxy) is 1. The fourth-order valence-corrected chi connectivity index (χ4v) is 2.45. The van der Waals surface area contributed by atoms with Crippen LogP contribution in [0.5, 0.6) is 0 Å². The van der Waals surface area contributed by atoms with Crippen LogP contribution in [0.3, 0.4) is 0 Å². The molecule has 1 fully saturated rings. The van der Waals surface area contributed by atoms with Gasteiger partial charge in [-0.2, -0.15) is 0 Å². The van der Waals surface area contributed by atoms with Crippen molar-refractivity contribution in [3.63, 3.8) is 0 Å². The molecule has 0 aromatic heterocycles. The van der Waals surface area contributed by atoms with Gasteiger partial charge in [0.15, 0.2) is 0 Å². The minimum Gasteiger partial charge on any atom is -0.480 e. The maximum absolute atomic E-state index is 12.0. The first kappa shape index (κ1) is 16.5. The summed E-state index contributed by atoms with van der Waals surface area (Å²) < 4.78 is 5.44. The van der Waals surface area contributed by atoms with Gasteiger partial charge < -0.3 is 20.5 Å². The highest BCUT2D eigenvalue weighted by atomic mass is 16.5. The van der Waals surface area contributed by atoms with Crippen LogP contribution in [0.25, 0.3) is 0 Å². The summed E-state index contributed by atoms with van der Waals surface area (Å²) in [7, 11) is 0. The fourth-order valence-electron chi connectivity index (χ4n) is 2.45. The highest BCUT2D eigenvalue weighted by Gasteiger charge is 2.23. The summed E-state index contributed by atoms with van der Waals surface area (Å²) in [6.45, 7) is 3.10. The van der Waals surface area contributed by atoms with Crippen LogP contribution in [-0.4, -0.2) is 42.3 Å². The van der Waals surface area contributed by atoms with Gasteiger partial charge in [0.25, 0.3) is 0 Å². The van der Waals surface area contributed by atoms with Crippen LogP contribution in [0.1, 0.15) is 24.8 Å². The molecule has 1 aliphatic heterocycles. The third-order valence-electron chi connectivity index (χ3n) is 3.61. The van der Waals surface area contributed by atoms with E-state index in [1.165, 1.54) is 0 Å². The van der Waals surface area contributed by atoms with Gasteiger partial charge in [0.2, 0.25) is 5.91 Å². The molecule has 0 aliphatic carbocycles. The van der Waals surface area contributed by atoms with E-state index >= 15 is 0 Å². The van der Waals surface area contributed by atoms with Crippen LogP contribution >= 0.6 is 0 Å². The van der Waals surface area contributed by atoms with Gasteiger partial charge in [-0.15, -0.1) is 0 Å². The molecular formula is C16H22N2O4. The minimum atomic E-state index is -1.03. The molecule has 1 heterocycles. The van der Waals surface area contributed by atoms with Crippen molar-refractivity contribution >= 4 is 17.6 Å². The molecule has 2 unspecified atom stereocenters. The van der Waals surface area contributed by atoms with Gasteiger partial charge in [-0.1, -0.05) is 12.1 Å². The van der Waals surface area contributed by atoms with Crippen molar-refractivity contribution in [2.24, 2.45) is 0 Å². The van der Waals surface area contributed by atoms with Crippen LogP contribution in [0.15, 0.2) is 24.3 Å². The Morgan fingerprint density at radius 1 is 1.45 bits per heavy atom. The molecule has 2 rings (SSSR count). The Labute approximate surface area is 129 Å². The summed E-state index contributed by atoms with van der Waals surface area (Å²) in [6, 6.07) is 6.48. The smallest absolute Gasteiger partial charge is 0.321 e. The van der Waals surface area contributed by atoms with E-state index in [0.717, 1.165) is 25.0 Å². The molecule has 1 saturated heterocycles. The number of carbonyl (C=O) groups is 2. The number of anilines is 1. The van der Waals surface area contributed by atoms with Crippen LogP contribution in [0, 0.1) is 6.92 Å². The molecule has 0 bridgehead atoms. The molecule has 0 saturated carbocycles. The first-order valence-corrected chi connectivity index (χ1v) is 7.49. The Kier molecular flexibility index (Phi) is 5.91. The highest BCUT2D eigenvalue weighted by molar-refractivity contribution is 5.94. The lowest BCUT2D eigenvalue weighted by Crippen LogP contribution is -2.43. The van der Waals surface area contributed by atoms with Crippen molar-refractivity contribution in [1.29, 1.82) is 0 Å². The number of hydrogen-bond acceptors (Lipinski definition) is 4. The maximum Gasteiger partial charge on any atom is 0.321 e. The number of benzene rings is 1. The molecule has 0 spiro atoms. The number of carboxylic acids is 1. The largest absolute Gasteiger partial charge is 0.480 e. The van der Waals surface area contributed by atoms with Gasteiger partial charge in [-0.05, 0) is 37.5 Å². The van der Waals surface area contributed by atoms with Gasteiger partial charge >= 0.3 is 5.97 Å². The second-order valence-electron chi connectivity index (χ2n) is 5.56. The van der Waals surface area contributed by atoms with Crippen molar-refractivity contribution in [1.82, 2.24) is 5.32 Å². The van der Waals surface area contributed by atoms with E-state index < -0.39 is 12.0 Å². The average Bonchev–Trinajstić information content (AvgIpc) is 2.96. The van der Waals surface area contributed by atoms with E-state index in [4.69, 9.17) is 4.74 Å². The molecule has 2 atom stereocenters. The summed E-state index contributed by atoms with van der Waals surface area (Å²) in [6.07, 6.45) is 1.85. The Hall–Kier alpha value is -1.92. The lowest BCUT2D eigenvalue weighted by Gasteiger charge is -2.17. The molecule has 6 heteroatoms. The van der Waals surface area contributed by atoms with E-state index in [2.05, 4.69) is 10.6 Å². The van der Waals surface area contributed by atoms with E-state index in [1.54, 1.807) is 6.07 Å². The summed E-state index contributed by atoms with van der Waals surface area (Å²) >= 11 is 0. The van der Waals surface area contributed by atoms with Crippen LogP contribution in [0.2, 0.25) is 0 Å². The molecule has 1 aromatic carbocycles. The fraction of sp³-hybridized carbons (Fsp3) is 0.500. The highest BCUT2D eigenvalue weighted by Crippen LogP contribution is 2.12. The molecule has 0 radical (unpaired) electrons. The summed E-state index contributed by atoms with van der Waals surface area (Å²) in [4.78, 5) is 23.3. The lowest BCUT2D eigenvalue weighted by atomic mass is 10.1. The first-order valence-electron chi connectivity index (χ1n) is 7.49. The topological polar surface area (TPSA) is 87.7 Å². The van der Waals surface area contributed by atoms with Crippen LogP contribution in [0.4, 0.5) is 5.69 Å². The molecule has 1 amide bonds. The van der Waals surface area contributed by atoms with Gasteiger partial charge in [0.05, 0.1) is 12.5 Å². The maximum atomic E-state index is 12.0. The van der Waals surface area contributed by atoms with Crippen molar-refractivity contribution in [3.8, 4) is 0 Å². The van der Waals surface area contributed by atoms with Gasteiger partial charge in [-0.25, -0.2) is 0 Å². The molecule has 1 aliphatic rings. The Balaban J connectivity index is 1.84. The number of nitrogens with one attached hydrogen (secondary N) is 2. The van der Waals surface area contributed by atoms with Crippen molar-refractivity contribution < 1.29 is 19.4 Å². The number of aliphatic carboxylic acids is 1. The zero-order valence-corrected chi connectivity index (χ0v) is 12.7. The van der Waals surface area contributed by atoms with Crippen molar-refractivity contribution in [2.75, 3.05) is 18.5 Å². The molecule has 3 N–H and O–H groups in total. The van der Waals surface area contributed by atoms with E-state index in [1.807, 2.05) is 25.1 Å². The predicted octanol–water partition coefficient (Wildman–Crippen LogP) is 1.55. The standard InChI is InChI=1S/C16H22N2O4/c1-11-4-2-5-12(8-11)18-15(19)9-14(16(20)21)17-10-13-6-3-7-22-13/h2,4-5,8,13-14,17H,3,6-7,9-10H2,1H3,(H,18,19)(H,20,21). The number of amides is 1. The third-order valence-corrected chi connectivity index (χ3v) is 3.61. The second kappa shape index (κ2) is 7.91. The Morgan fingerprint density at radius 3 is 2.91 bits per heavy atom. The summed E-state index contributed by atoms with van der Waals surface area (Å²) in [5, 5.41) is 14.8. The monoisotopic (exact) mass is 306 g/mol. The number of aryl methyl sites for hydroxylation is 1. The van der Waals surface area contributed by atoms with Crippen molar-refractivity contribution in [3.05, 3.63) is 29.8 Å². The number of carbonyl (C=O) groups excluding carboxylic acids is 1. The van der Waals surface area contributed by atoms with Gasteiger partial charge in [-0.3, -0.25) is 9.59 Å². The van der Waals surface area contributed by atoms with Gasteiger partial charge in [0, 0.05) is 18.8 Å². The third kappa shape index (κ3) is 5.13. The van der Waals surface area contributed by atoms with Gasteiger partial charge in [0.1, 0.15) is 6.04 Å². The SMILES string of the molecule is Cc1cccc(NC(=O)CC(NCC2CCCO2)C(=O)O)c1. The van der Waals surface area contributed by atoms with Crippen molar-refractivity contribution in [2.45, 2.75) is 38.3 Å². The first-order chi connectivity index (χ1) is 10.5. The Morgan fingerprint density at radius 2 is 2.27 bits per heavy atom. The van der Waals surface area contributed by atoms with Crippen LogP contribution < -0.4 is 10.6 Å². The lowest BCUT2D eigenvalue weighted by molar-refractivity contribution is -0.141. The summed E-state index contributed by atoms with van der Waals surface area (Å²) in [5.41, 5.74) is 1.71. The minimum absolute atomic E-state index is 0.0432. The number of hydrogen-bond donors (Lipinski definition) is 3. The van der Waals surface area contributed by atoms with E-state index in [0.29, 0.717) is 12.2 Å². The normalized spacial score (nSPS) is 18.9. The van der Waals surface area contributed by atoms with E-state index in [-0.39, 0.29) is 18.4 Å². The number of rotatable bonds is 7. The quantitative estimate of drug-likeness (QED) is 0.711. The zero-order chi connectivity index (χ0) is 15.9. The summed E-state index contributed by atoms with van der Waals surface area (Å²) in [5.74, 6) is -1.35. The Bertz CT molecular complexity index is 527. The molecule has 22 heavy (non-hydrogen) atoms. The molecule has 6 nitrogen and oxygen atoms in total. The molecular weight excluding hydrogens is 284 g/mol. The molecule has 120 valence electrons. The average molecular weight is 306 g/mol. The number of carboxylic acid groups (broad SMARTS) is 1. The second-order valence-corrected chi connectivity index (χ2v) is 5.56. The predicted molar refractivity (Wildman–Crippen MR) is 82.8 cm³/mol. The van der Waals surface area contributed by atoms with Crippen LogP contribution in [-0.2, 0) is 14.3 Å².